The van der Waals surface area contributed by atoms with Crippen LogP contribution in [0.4, 0.5) is 8.78 Å². The summed E-state index contributed by atoms with van der Waals surface area (Å²) in [6, 6.07) is 5.87. The number of hydrogen-bond donors (Lipinski definition) is 2. The van der Waals surface area contributed by atoms with Gasteiger partial charge in [-0.05, 0) is 31.7 Å². The van der Waals surface area contributed by atoms with Gasteiger partial charge in [-0.1, -0.05) is 12.1 Å². The van der Waals surface area contributed by atoms with Gasteiger partial charge in [0.2, 0.25) is 5.91 Å². The summed E-state index contributed by atoms with van der Waals surface area (Å²) in [6.45, 7) is -1.34. The topological polar surface area (TPSA) is 64.3 Å². The van der Waals surface area contributed by atoms with Gasteiger partial charge in [0.1, 0.15) is 11.3 Å². The molecule has 0 aliphatic heterocycles. The number of alkyl halides is 2. The van der Waals surface area contributed by atoms with Crippen LogP contribution in [0.25, 0.3) is 0 Å². The molecule has 94 valence electrons. The monoisotopic (exact) mass is 244 g/mol. The van der Waals surface area contributed by atoms with Gasteiger partial charge in [0.15, 0.2) is 0 Å². The van der Waals surface area contributed by atoms with E-state index in [1.165, 1.54) is 18.2 Å². The first-order valence-electron chi connectivity index (χ1n) is 4.94. The number of likely N-dealkylation sites (N-methyl/N-ethyl adjacent to an activating group) is 1. The van der Waals surface area contributed by atoms with Gasteiger partial charge >= 0.3 is 6.61 Å². The molecule has 0 saturated heterocycles. The molecule has 1 rings (SSSR count). The average Bonchev–Trinajstić information content (AvgIpc) is 2.27. The van der Waals surface area contributed by atoms with Gasteiger partial charge in [-0.2, -0.15) is 8.78 Å². The Balaban J connectivity index is 3.09. The lowest BCUT2D eigenvalue weighted by Crippen LogP contribution is -2.48. The molecule has 17 heavy (non-hydrogen) atoms. The molecule has 6 heteroatoms. The van der Waals surface area contributed by atoms with Crippen LogP contribution in [-0.4, -0.2) is 19.6 Å². The van der Waals surface area contributed by atoms with Crippen LogP contribution in [0.1, 0.15) is 12.5 Å². The number of halogens is 2. The van der Waals surface area contributed by atoms with Crippen LogP contribution in [0.15, 0.2) is 24.3 Å². The Kier molecular flexibility index (Phi) is 4.01. The molecule has 4 nitrogen and oxygen atoms in total. The quantitative estimate of drug-likeness (QED) is 0.818. The predicted molar refractivity (Wildman–Crippen MR) is 58.7 cm³/mol. The second-order valence-electron chi connectivity index (χ2n) is 3.65. The lowest BCUT2D eigenvalue weighted by Gasteiger charge is -2.26. The molecule has 1 amide bonds. The van der Waals surface area contributed by atoms with Gasteiger partial charge < -0.3 is 15.8 Å². The first-order chi connectivity index (χ1) is 7.90. The third-order valence-electron chi connectivity index (χ3n) is 2.63. The third kappa shape index (κ3) is 2.91. The van der Waals surface area contributed by atoms with Gasteiger partial charge in [0, 0.05) is 0 Å². The number of primary amides is 1. The van der Waals surface area contributed by atoms with Crippen molar-refractivity contribution in [3.8, 4) is 5.75 Å². The lowest BCUT2D eigenvalue weighted by atomic mass is 9.91. The largest absolute Gasteiger partial charge is 0.435 e. The van der Waals surface area contributed by atoms with Crippen molar-refractivity contribution in [1.82, 2.24) is 5.32 Å². The number of nitrogens with two attached hydrogens (primary N) is 1. The molecule has 0 spiro atoms. The van der Waals surface area contributed by atoms with E-state index in [-0.39, 0.29) is 5.75 Å². The zero-order valence-electron chi connectivity index (χ0n) is 9.54. The molecule has 0 bridgehead atoms. The minimum absolute atomic E-state index is 0.0137. The Morgan fingerprint density at radius 3 is 2.65 bits per heavy atom. The highest BCUT2D eigenvalue weighted by atomic mass is 19.3. The molecular formula is C11H14F2N2O2. The van der Waals surface area contributed by atoms with E-state index in [2.05, 4.69) is 10.1 Å². The molecule has 0 radical (unpaired) electrons. The van der Waals surface area contributed by atoms with Crippen molar-refractivity contribution in [1.29, 1.82) is 0 Å². The van der Waals surface area contributed by atoms with Crippen molar-refractivity contribution in [2.75, 3.05) is 7.05 Å². The highest BCUT2D eigenvalue weighted by molar-refractivity contribution is 5.85. The van der Waals surface area contributed by atoms with Crippen molar-refractivity contribution in [3.63, 3.8) is 0 Å². The fraction of sp³-hybridized carbons (Fsp3) is 0.364. The number of carbonyl (C=O) groups is 1. The molecule has 0 aromatic heterocycles. The van der Waals surface area contributed by atoms with E-state index in [0.29, 0.717) is 5.56 Å². The molecule has 0 heterocycles. The lowest BCUT2D eigenvalue weighted by molar-refractivity contribution is -0.123. The van der Waals surface area contributed by atoms with E-state index in [1.54, 1.807) is 20.0 Å². The van der Waals surface area contributed by atoms with Crippen molar-refractivity contribution in [3.05, 3.63) is 29.8 Å². The summed E-state index contributed by atoms with van der Waals surface area (Å²) in [5.41, 5.74) is 4.61. The van der Waals surface area contributed by atoms with Crippen molar-refractivity contribution < 1.29 is 18.3 Å². The van der Waals surface area contributed by atoms with Crippen LogP contribution < -0.4 is 15.8 Å². The van der Waals surface area contributed by atoms with E-state index in [9.17, 15) is 13.6 Å². The summed E-state index contributed by atoms with van der Waals surface area (Å²) in [5, 5.41) is 2.76. The van der Waals surface area contributed by atoms with E-state index in [4.69, 9.17) is 5.73 Å². The standard InChI is InChI=1S/C11H14F2N2O2/c1-11(15-2,9(14)16)7-4-3-5-8(6-7)17-10(12)13/h3-6,10,15H,1-2H3,(H2,14,16). The average molecular weight is 244 g/mol. The number of amides is 1. The molecule has 1 unspecified atom stereocenters. The van der Waals surface area contributed by atoms with Crippen molar-refractivity contribution in [2.45, 2.75) is 19.1 Å². The number of ether oxygens (including phenoxy) is 1. The molecule has 0 aliphatic carbocycles. The van der Waals surface area contributed by atoms with Crippen LogP contribution in [0.5, 0.6) is 5.75 Å². The summed E-state index contributed by atoms with van der Waals surface area (Å²) in [5.74, 6) is -0.616. The Morgan fingerprint density at radius 2 is 2.18 bits per heavy atom. The minimum atomic E-state index is -2.90. The molecular weight excluding hydrogens is 230 g/mol. The first-order valence-corrected chi connectivity index (χ1v) is 4.94. The second kappa shape index (κ2) is 5.09. The Morgan fingerprint density at radius 1 is 1.53 bits per heavy atom. The highest BCUT2D eigenvalue weighted by Gasteiger charge is 2.31. The van der Waals surface area contributed by atoms with Crippen molar-refractivity contribution in [2.24, 2.45) is 5.73 Å². The van der Waals surface area contributed by atoms with Crippen molar-refractivity contribution >= 4 is 5.91 Å². The van der Waals surface area contributed by atoms with E-state index in [0.717, 1.165) is 0 Å². The molecule has 1 aromatic carbocycles. The third-order valence-corrected chi connectivity index (χ3v) is 2.63. The maximum Gasteiger partial charge on any atom is 0.387 e. The number of hydrogen-bond acceptors (Lipinski definition) is 3. The Bertz CT molecular complexity index is 412. The van der Waals surface area contributed by atoms with Crippen LogP contribution in [0, 0.1) is 0 Å². The molecule has 1 atom stereocenters. The predicted octanol–water partition coefficient (Wildman–Crippen LogP) is 1.21. The maximum atomic E-state index is 12.1. The normalized spacial score (nSPS) is 14.4. The van der Waals surface area contributed by atoms with E-state index < -0.39 is 18.1 Å². The summed E-state index contributed by atoms with van der Waals surface area (Å²) in [7, 11) is 1.56. The van der Waals surface area contributed by atoms with Gasteiger partial charge in [0.25, 0.3) is 0 Å². The fourth-order valence-electron chi connectivity index (χ4n) is 1.39. The van der Waals surface area contributed by atoms with Gasteiger partial charge in [0.05, 0.1) is 0 Å². The minimum Gasteiger partial charge on any atom is -0.435 e. The van der Waals surface area contributed by atoms with E-state index >= 15 is 0 Å². The Hall–Kier alpha value is -1.69. The zero-order chi connectivity index (χ0) is 13.1. The number of benzene rings is 1. The van der Waals surface area contributed by atoms with E-state index in [1.807, 2.05) is 0 Å². The van der Waals surface area contributed by atoms with Gasteiger partial charge in [-0.25, -0.2) is 0 Å². The van der Waals surface area contributed by atoms with Crippen LogP contribution >= 0.6 is 0 Å². The number of carbonyl (C=O) groups excluding carboxylic acids is 1. The molecule has 1 aromatic rings. The van der Waals surface area contributed by atoms with Crippen LogP contribution in [-0.2, 0) is 10.3 Å². The summed E-state index contributed by atoms with van der Waals surface area (Å²) >= 11 is 0. The highest BCUT2D eigenvalue weighted by Crippen LogP contribution is 2.24. The van der Waals surface area contributed by atoms with Crippen LogP contribution in [0.3, 0.4) is 0 Å². The summed E-state index contributed by atoms with van der Waals surface area (Å²) in [4.78, 5) is 11.4. The zero-order valence-corrected chi connectivity index (χ0v) is 9.54. The summed E-state index contributed by atoms with van der Waals surface area (Å²) in [6.07, 6.45) is 0. The fourth-order valence-corrected chi connectivity index (χ4v) is 1.39. The number of nitrogens with one attached hydrogen (secondary N) is 1. The molecule has 0 saturated carbocycles. The van der Waals surface area contributed by atoms with Crippen LogP contribution in [0.2, 0.25) is 0 Å². The van der Waals surface area contributed by atoms with Gasteiger partial charge in [-0.15, -0.1) is 0 Å². The molecule has 0 aliphatic rings. The smallest absolute Gasteiger partial charge is 0.387 e. The molecule has 0 fully saturated rings. The first kappa shape index (κ1) is 13.4. The summed E-state index contributed by atoms with van der Waals surface area (Å²) < 4.78 is 28.4. The van der Waals surface area contributed by atoms with Gasteiger partial charge in [-0.3, -0.25) is 4.79 Å². The maximum absolute atomic E-state index is 12.1. The number of rotatable bonds is 5. The molecule has 3 N–H and O–H groups in total. The second-order valence-corrected chi connectivity index (χ2v) is 3.65. The SMILES string of the molecule is CNC(C)(C(N)=O)c1cccc(OC(F)F)c1. The Labute approximate surface area is 97.8 Å².